The SMILES string of the molecule is Cc1cc(Nc2nccc(C)c2F)nc(-c2cn(C[C@@](C)(O)C(C)(C)O)nn2)c1. The monoisotopic (exact) mass is 400 g/mol. The normalized spacial score (nSPS) is 13.9. The summed E-state index contributed by atoms with van der Waals surface area (Å²) in [5.41, 5.74) is -0.321. The van der Waals surface area contributed by atoms with Crippen molar-refractivity contribution >= 4 is 11.6 Å². The highest BCUT2D eigenvalue weighted by atomic mass is 19.1. The zero-order chi connectivity index (χ0) is 21.4. The molecular weight excluding hydrogens is 375 g/mol. The number of rotatable bonds is 6. The van der Waals surface area contributed by atoms with Crippen LogP contribution in [0.15, 0.2) is 30.6 Å². The van der Waals surface area contributed by atoms with E-state index in [-0.39, 0.29) is 12.4 Å². The van der Waals surface area contributed by atoms with Crippen molar-refractivity contribution in [2.75, 3.05) is 5.32 Å². The van der Waals surface area contributed by atoms with Crippen LogP contribution in [0.4, 0.5) is 16.0 Å². The van der Waals surface area contributed by atoms with Gasteiger partial charge >= 0.3 is 0 Å². The lowest BCUT2D eigenvalue weighted by Crippen LogP contribution is -2.50. The van der Waals surface area contributed by atoms with Gasteiger partial charge in [-0.3, -0.25) is 0 Å². The van der Waals surface area contributed by atoms with Gasteiger partial charge in [-0.1, -0.05) is 5.21 Å². The molecule has 0 aliphatic heterocycles. The molecule has 0 aliphatic rings. The van der Waals surface area contributed by atoms with Gasteiger partial charge in [-0.05, 0) is 63.9 Å². The van der Waals surface area contributed by atoms with Gasteiger partial charge in [0.15, 0.2) is 11.6 Å². The van der Waals surface area contributed by atoms with E-state index in [1.165, 1.54) is 31.6 Å². The van der Waals surface area contributed by atoms with Crippen molar-refractivity contribution in [2.45, 2.75) is 52.4 Å². The Balaban J connectivity index is 1.87. The molecule has 0 spiro atoms. The second kappa shape index (κ2) is 7.49. The standard InChI is InChI=1S/C20H25FN6O2/c1-12-8-14(15-10-27(26-25-15)11-20(5,29)19(3,4)28)23-16(9-12)24-18-17(21)13(2)6-7-22-18/h6-10,28-29H,11H2,1-5H3,(H,22,23,24)/t20-/m1/s1. The fourth-order valence-corrected chi connectivity index (χ4v) is 2.61. The third-order valence-electron chi connectivity index (χ3n) is 4.89. The summed E-state index contributed by atoms with van der Waals surface area (Å²) in [6, 6.07) is 5.20. The van der Waals surface area contributed by atoms with Crippen molar-refractivity contribution in [3.05, 3.63) is 47.5 Å². The van der Waals surface area contributed by atoms with E-state index in [9.17, 15) is 14.6 Å². The molecule has 0 fully saturated rings. The number of hydrogen-bond acceptors (Lipinski definition) is 7. The third-order valence-corrected chi connectivity index (χ3v) is 4.89. The van der Waals surface area contributed by atoms with E-state index in [0.29, 0.717) is 22.8 Å². The molecule has 0 aromatic carbocycles. The largest absolute Gasteiger partial charge is 0.387 e. The molecular formula is C20H25FN6O2. The number of nitrogens with one attached hydrogen (secondary N) is 1. The topological polar surface area (TPSA) is 109 Å². The van der Waals surface area contributed by atoms with Crippen molar-refractivity contribution in [3.8, 4) is 11.4 Å². The predicted molar refractivity (Wildman–Crippen MR) is 107 cm³/mol. The fourth-order valence-electron chi connectivity index (χ4n) is 2.61. The first-order chi connectivity index (χ1) is 13.5. The van der Waals surface area contributed by atoms with Crippen LogP contribution in [0.1, 0.15) is 31.9 Å². The first-order valence-electron chi connectivity index (χ1n) is 9.18. The molecule has 3 rings (SSSR count). The fraction of sp³-hybridized carbons (Fsp3) is 0.400. The van der Waals surface area contributed by atoms with E-state index in [1.54, 1.807) is 25.3 Å². The smallest absolute Gasteiger partial charge is 0.168 e. The first kappa shape index (κ1) is 20.8. The highest BCUT2D eigenvalue weighted by molar-refractivity contribution is 5.61. The highest BCUT2D eigenvalue weighted by Gasteiger charge is 2.38. The number of aliphatic hydroxyl groups is 2. The van der Waals surface area contributed by atoms with Crippen LogP contribution in [0.5, 0.6) is 0 Å². The molecule has 0 bridgehead atoms. The van der Waals surface area contributed by atoms with Gasteiger partial charge in [-0.2, -0.15) is 0 Å². The lowest BCUT2D eigenvalue weighted by Gasteiger charge is -2.35. The molecule has 8 nitrogen and oxygen atoms in total. The number of pyridine rings is 2. The Labute approximate surface area is 168 Å². The molecule has 0 saturated heterocycles. The van der Waals surface area contributed by atoms with Crippen LogP contribution in [-0.2, 0) is 6.54 Å². The second-order valence-corrected chi connectivity index (χ2v) is 7.96. The molecule has 0 saturated carbocycles. The lowest BCUT2D eigenvalue weighted by molar-refractivity contribution is -0.129. The molecule has 1 atom stereocenters. The lowest BCUT2D eigenvalue weighted by atomic mass is 9.88. The molecule has 9 heteroatoms. The molecule has 0 unspecified atom stereocenters. The summed E-state index contributed by atoms with van der Waals surface area (Å²) < 4.78 is 15.7. The van der Waals surface area contributed by atoms with Crippen molar-refractivity contribution in [2.24, 2.45) is 0 Å². The van der Waals surface area contributed by atoms with Crippen LogP contribution in [0.25, 0.3) is 11.4 Å². The molecule has 154 valence electrons. The van der Waals surface area contributed by atoms with Crippen LogP contribution < -0.4 is 5.32 Å². The Hall–Kier alpha value is -2.91. The van der Waals surface area contributed by atoms with Gasteiger partial charge in [0.25, 0.3) is 0 Å². The molecule has 0 aliphatic carbocycles. The van der Waals surface area contributed by atoms with Crippen molar-refractivity contribution < 1.29 is 14.6 Å². The number of anilines is 2. The molecule has 3 aromatic rings. The number of aromatic nitrogens is 5. The molecule has 29 heavy (non-hydrogen) atoms. The van der Waals surface area contributed by atoms with Crippen LogP contribution in [0.2, 0.25) is 0 Å². The maximum absolute atomic E-state index is 14.2. The van der Waals surface area contributed by atoms with Gasteiger partial charge < -0.3 is 15.5 Å². The Morgan fingerprint density at radius 2 is 1.86 bits per heavy atom. The van der Waals surface area contributed by atoms with Gasteiger partial charge in [0.2, 0.25) is 0 Å². The number of aryl methyl sites for hydroxylation is 2. The predicted octanol–water partition coefficient (Wildman–Crippen LogP) is 2.76. The van der Waals surface area contributed by atoms with Gasteiger partial charge in [0.1, 0.15) is 17.1 Å². The van der Waals surface area contributed by atoms with Crippen LogP contribution in [-0.4, -0.2) is 46.4 Å². The zero-order valence-corrected chi connectivity index (χ0v) is 17.1. The van der Waals surface area contributed by atoms with Gasteiger partial charge in [0, 0.05) is 6.20 Å². The summed E-state index contributed by atoms with van der Waals surface area (Å²) >= 11 is 0. The zero-order valence-electron chi connectivity index (χ0n) is 17.1. The minimum absolute atomic E-state index is 0.0544. The summed E-state index contributed by atoms with van der Waals surface area (Å²) in [4.78, 5) is 8.51. The minimum Gasteiger partial charge on any atom is -0.387 e. The van der Waals surface area contributed by atoms with E-state index < -0.39 is 17.0 Å². The summed E-state index contributed by atoms with van der Waals surface area (Å²) in [7, 11) is 0. The third kappa shape index (κ3) is 4.57. The van der Waals surface area contributed by atoms with Gasteiger partial charge in [0.05, 0.1) is 24.0 Å². The minimum atomic E-state index is -1.40. The maximum atomic E-state index is 14.2. The Bertz CT molecular complexity index is 1030. The molecule has 3 heterocycles. The van der Waals surface area contributed by atoms with E-state index >= 15 is 0 Å². The maximum Gasteiger partial charge on any atom is 0.168 e. The Kier molecular flexibility index (Phi) is 5.38. The Morgan fingerprint density at radius 1 is 1.14 bits per heavy atom. The summed E-state index contributed by atoms with van der Waals surface area (Å²) in [5, 5.41) is 31.6. The van der Waals surface area contributed by atoms with Crippen LogP contribution >= 0.6 is 0 Å². The van der Waals surface area contributed by atoms with E-state index in [2.05, 4.69) is 25.6 Å². The summed E-state index contributed by atoms with van der Waals surface area (Å²) in [6.45, 7) is 8.20. The quantitative estimate of drug-likeness (QED) is 0.584. The van der Waals surface area contributed by atoms with E-state index in [1.807, 2.05) is 13.0 Å². The summed E-state index contributed by atoms with van der Waals surface area (Å²) in [6.07, 6.45) is 3.16. The van der Waals surface area contributed by atoms with Gasteiger partial charge in [-0.15, -0.1) is 5.10 Å². The molecule has 0 radical (unpaired) electrons. The van der Waals surface area contributed by atoms with Gasteiger partial charge in [-0.25, -0.2) is 19.0 Å². The number of hydrogen-bond donors (Lipinski definition) is 3. The van der Waals surface area contributed by atoms with Crippen LogP contribution in [0.3, 0.4) is 0 Å². The van der Waals surface area contributed by atoms with Crippen molar-refractivity contribution in [3.63, 3.8) is 0 Å². The average molecular weight is 400 g/mol. The Morgan fingerprint density at radius 3 is 2.55 bits per heavy atom. The molecule has 3 aromatic heterocycles. The average Bonchev–Trinajstić information content (AvgIpc) is 3.05. The number of halogens is 1. The van der Waals surface area contributed by atoms with E-state index in [4.69, 9.17) is 0 Å². The molecule has 0 amide bonds. The summed E-state index contributed by atoms with van der Waals surface area (Å²) in [5.74, 6) is 0.0890. The molecule has 3 N–H and O–H groups in total. The number of nitrogens with zero attached hydrogens (tertiary/aromatic N) is 5. The van der Waals surface area contributed by atoms with Crippen LogP contribution in [0, 0.1) is 19.7 Å². The van der Waals surface area contributed by atoms with Crippen molar-refractivity contribution in [1.82, 2.24) is 25.0 Å². The first-order valence-corrected chi connectivity index (χ1v) is 9.18. The second-order valence-electron chi connectivity index (χ2n) is 7.96. The van der Waals surface area contributed by atoms with E-state index in [0.717, 1.165) is 5.56 Å². The van der Waals surface area contributed by atoms with Crippen molar-refractivity contribution in [1.29, 1.82) is 0 Å². The highest BCUT2D eigenvalue weighted by Crippen LogP contribution is 2.25.